The average Bonchev–Trinajstić information content (AvgIpc) is 3.23. The highest BCUT2D eigenvalue weighted by Crippen LogP contribution is 2.33. The van der Waals surface area contributed by atoms with E-state index in [0.717, 1.165) is 50.4 Å². The molecule has 1 fully saturated rings. The number of anilines is 3. The number of hydrogen-bond donors (Lipinski definition) is 1. The Kier molecular flexibility index (Phi) is 7.12. The third kappa shape index (κ3) is 5.06. The fourth-order valence-corrected chi connectivity index (χ4v) is 5.57. The summed E-state index contributed by atoms with van der Waals surface area (Å²) in [4.78, 5) is 32.4. The van der Waals surface area contributed by atoms with E-state index < -0.39 is 5.60 Å². The second kappa shape index (κ2) is 10.7. The van der Waals surface area contributed by atoms with Crippen molar-refractivity contribution >= 4 is 51.4 Å². The van der Waals surface area contributed by atoms with Crippen molar-refractivity contribution in [2.75, 3.05) is 43.4 Å². The number of nitrogens with one attached hydrogen (secondary N) is 1. The predicted octanol–water partition coefficient (Wildman–Crippen LogP) is 4.40. The molecule has 2 aliphatic rings. The number of aromatic nitrogens is 5. The summed E-state index contributed by atoms with van der Waals surface area (Å²) in [7, 11) is 2.16. The van der Waals surface area contributed by atoms with Crippen LogP contribution in [0.2, 0.25) is 0 Å². The molecule has 39 heavy (non-hydrogen) atoms. The smallest absolute Gasteiger partial charge is 0.278 e. The van der Waals surface area contributed by atoms with Gasteiger partial charge in [0.2, 0.25) is 5.95 Å². The van der Waals surface area contributed by atoms with E-state index in [1.54, 1.807) is 15.6 Å². The van der Waals surface area contributed by atoms with Gasteiger partial charge >= 0.3 is 0 Å². The second-order valence-corrected chi connectivity index (χ2v) is 10.7. The van der Waals surface area contributed by atoms with Crippen LogP contribution in [0, 0.1) is 0 Å². The number of halogens is 1. The first-order chi connectivity index (χ1) is 18.9. The van der Waals surface area contributed by atoms with Gasteiger partial charge in [0.25, 0.3) is 5.56 Å². The van der Waals surface area contributed by atoms with Gasteiger partial charge in [-0.1, -0.05) is 18.2 Å². The molecule has 2 bridgehead atoms. The normalized spacial score (nSPS) is 20.8. The van der Waals surface area contributed by atoms with Gasteiger partial charge in [-0.25, -0.2) is 19.3 Å². The number of likely N-dealkylation sites (N-methyl/N-ethyl adjacent to an activating group) is 1. The van der Waals surface area contributed by atoms with Crippen LogP contribution < -0.4 is 15.8 Å². The van der Waals surface area contributed by atoms with Gasteiger partial charge in [0.1, 0.15) is 34.0 Å². The van der Waals surface area contributed by atoms with Gasteiger partial charge in [0.05, 0.1) is 12.2 Å². The van der Waals surface area contributed by atoms with E-state index in [0.29, 0.717) is 29.3 Å². The highest BCUT2D eigenvalue weighted by atomic mass is 127. The first kappa shape index (κ1) is 26.0. The molecule has 0 amide bonds. The molecule has 0 spiro atoms. The van der Waals surface area contributed by atoms with Crippen LogP contribution in [0.3, 0.4) is 0 Å². The summed E-state index contributed by atoms with van der Waals surface area (Å²) >= 11 is 1.95. The molecule has 0 aliphatic carbocycles. The Morgan fingerprint density at radius 2 is 1.82 bits per heavy atom. The van der Waals surface area contributed by atoms with Crippen molar-refractivity contribution in [3.63, 3.8) is 0 Å². The molecule has 1 aromatic carbocycles. The minimum Gasteiger partial charge on any atom is -0.369 e. The van der Waals surface area contributed by atoms with Gasteiger partial charge in [0, 0.05) is 43.8 Å². The molecule has 5 heterocycles. The molecule has 0 unspecified atom stereocenters. The van der Waals surface area contributed by atoms with Crippen molar-refractivity contribution in [3.8, 4) is 5.82 Å². The van der Waals surface area contributed by atoms with Gasteiger partial charge in [-0.15, -0.1) is 0 Å². The summed E-state index contributed by atoms with van der Waals surface area (Å²) in [5.74, 6) is 1.02. The minimum absolute atomic E-state index is 0.155. The zero-order valence-corrected chi connectivity index (χ0v) is 24.2. The van der Waals surface area contributed by atoms with Crippen LogP contribution in [0.25, 0.3) is 16.9 Å². The summed E-state index contributed by atoms with van der Waals surface area (Å²) in [6.45, 7) is 6.60. The fourth-order valence-electron chi connectivity index (χ4n) is 5.13. The maximum atomic E-state index is 13.4. The van der Waals surface area contributed by atoms with Crippen LogP contribution in [0.15, 0.2) is 65.6 Å². The molecule has 6 rings (SSSR count). The molecule has 2 aliphatic heterocycles. The summed E-state index contributed by atoms with van der Waals surface area (Å²) in [6.07, 6.45) is 7.27. The molecule has 4 aromatic rings. The second-order valence-electron chi connectivity index (χ2n) is 10.3. The molecule has 11 heteroatoms. The van der Waals surface area contributed by atoms with Crippen LogP contribution in [0.1, 0.15) is 25.5 Å². The van der Waals surface area contributed by atoms with Crippen molar-refractivity contribution < 1.29 is 3.07 Å². The molecule has 1 N–H and O–H groups in total. The van der Waals surface area contributed by atoms with E-state index in [4.69, 9.17) is 13.0 Å². The van der Waals surface area contributed by atoms with Crippen molar-refractivity contribution in [3.05, 3.63) is 76.9 Å². The number of piperazine rings is 1. The lowest BCUT2D eigenvalue weighted by atomic mass is 9.95. The lowest BCUT2D eigenvalue weighted by Crippen LogP contribution is -2.44. The topological polar surface area (TPSA) is 93.3 Å². The number of fused-ring (bicyclic) bond motifs is 6. The predicted molar refractivity (Wildman–Crippen MR) is 161 cm³/mol. The number of hydrogen-bond acceptors (Lipinski definition) is 8. The fraction of sp³-hybridized carbons (Fsp3) is 0.357. The third-order valence-corrected chi connectivity index (χ3v) is 8.54. The number of pyridine rings is 1. The molecule has 10 nitrogen and oxygen atoms in total. The SMILES string of the molecule is CN1CCN(c2ccc(Nc3ncc4c(=O)n5n(c4n3)-c3cccc(n3)[C@](C)(OI)CC/C=C\C5)cc2)CC1. The lowest BCUT2D eigenvalue weighted by molar-refractivity contribution is 0.133. The highest BCUT2D eigenvalue weighted by Gasteiger charge is 2.29. The van der Waals surface area contributed by atoms with Crippen molar-refractivity contribution in [2.45, 2.75) is 31.9 Å². The van der Waals surface area contributed by atoms with Crippen LogP contribution >= 0.6 is 23.0 Å². The Balaban J connectivity index is 1.37. The molecular formula is C28H31IN8O2. The number of nitrogens with zero attached hydrogens (tertiary/aromatic N) is 7. The zero-order valence-electron chi connectivity index (χ0n) is 22.0. The highest BCUT2D eigenvalue weighted by molar-refractivity contribution is 14.1. The van der Waals surface area contributed by atoms with E-state index in [-0.39, 0.29) is 5.56 Å². The Morgan fingerprint density at radius 3 is 2.59 bits per heavy atom. The molecule has 0 saturated carbocycles. The van der Waals surface area contributed by atoms with E-state index >= 15 is 0 Å². The van der Waals surface area contributed by atoms with Crippen molar-refractivity contribution in [2.24, 2.45) is 0 Å². The van der Waals surface area contributed by atoms with E-state index in [9.17, 15) is 4.79 Å². The summed E-state index contributed by atoms with van der Waals surface area (Å²) in [6, 6.07) is 14.1. The van der Waals surface area contributed by atoms with E-state index in [2.05, 4.69) is 45.4 Å². The Hall–Kier alpha value is -3.29. The molecule has 0 radical (unpaired) electrons. The standard InChI is InChI=1S/C28H31IN8O2/c1-28(39-29)13-4-3-5-14-36-26(38)22-19-30-27(33-25(22)37(36)24-8-6-7-23(28)32-24)31-20-9-11-21(12-10-20)35-17-15-34(2)16-18-35/h3,5-12,19H,4,13-18H2,1-2H3,(H,30,31,33)/b5-3-/t28-/m1/s1. The van der Waals surface area contributed by atoms with Crippen molar-refractivity contribution in [1.82, 2.24) is 29.2 Å². The van der Waals surface area contributed by atoms with Gasteiger partial charge in [-0.05, 0) is 63.2 Å². The zero-order chi connectivity index (χ0) is 27.0. The first-order valence-corrected chi connectivity index (χ1v) is 14.0. The Labute approximate surface area is 241 Å². The molecule has 1 atom stereocenters. The first-order valence-electron chi connectivity index (χ1n) is 13.2. The monoisotopic (exact) mass is 638 g/mol. The number of benzene rings is 1. The van der Waals surface area contributed by atoms with E-state index in [1.165, 1.54) is 5.69 Å². The summed E-state index contributed by atoms with van der Waals surface area (Å²) < 4.78 is 9.31. The van der Waals surface area contributed by atoms with Crippen molar-refractivity contribution in [1.29, 1.82) is 0 Å². The Morgan fingerprint density at radius 1 is 1.03 bits per heavy atom. The van der Waals surface area contributed by atoms with E-state index in [1.807, 2.05) is 66.3 Å². The lowest BCUT2D eigenvalue weighted by Gasteiger charge is -2.34. The third-order valence-electron chi connectivity index (χ3n) is 7.56. The minimum atomic E-state index is -0.558. The largest absolute Gasteiger partial charge is 0.369 e. The molecule has 3 aromatic heterocycles. The summed E-state index contributed by atoms with van der Waals surface area (Å²) in [5, 5.41) is 3.75. The van der Waals surface area contributed by atoms with Crippen LogP contribution in [0.4, 0.5) is 17.3 Å². The van der Waals surface area contributed by atoms with Gasteiger partial charge in [-0.2, -0.15) is 4.98 Å². The maximum absolute atomic E-state index is 13.4. The Bertz CT molecular complexity index is 1570. The number of rotatable bonds is 4. The quantitative estimate of drug-likeness (QED) is 0.260. The number of allylic oxidation sites excluding steroid dienone is 2. The average molecular weight is 639 g/mol. The van der Waals surface area contributed by atoms with Gasteiger partial charge < -0.3 is 18.2 Å². The molecule has 1 saturated heterocycles. The molecular weight excluding hydrogens is 607 g/mol. The van der Waals surface area contributed by atoms with Gasteiger partial charge in [-0.3, -0.25) is 4.79 Å². The molecule has 202 valence electrons. The van der Waals surface area contributed by atoms with Gasteiger partial charge in [0.15, 0.2) is 11.5 Å². The summed E-state index contributed by atoms with van der Waals surface area (Å²) in [5.41, 5.74) is 2.67. The van der Waals surface area contributed by atoms with Crippen LogP contribution in [-0.2, 0) is 15.2 Å². The van der Waals surface area contributed by atoms with Crippen LogP contribution in [-0.4, -0.2) is 62.4 Å². The van der Waals surface area contributed by atoms with Crippen LogP contribution in [0.5, 0.6) is 0 Å². The maximum Gasteiger partial charge on any atom is 0.278 e.